The van der Waals surface area contributed by atoms with E-state index in [2.05, 4.69) is 31.3 Å². The second-order valence-electron chi connectivity index (χ2n) is 12.6. The van der Waals surface area contributed by atoms with Crippen LogP contribution in [-0.4, -0.2) is 41.6 Å². The van der Waals surface area contributed by atoms with Gasteiger partial charge in [-0.25, -0.2) is 4.79 Å². The second-order valence-corrected chi connectivity index (χ2v) is 12.6. The number of carbonyl (C=O) groups excluding carboxylic acids is 2. The zero-order chi connectivity index (χ0) is 33.9. The van der Waals surface area contributed by atoms with Crippen LogP contribution < -0.4 is 11.1 Å². The molecule has 0 aromatic carbocycles. The number of rotatable bonds is 33. The van der Waals surface area contributed by atoms with Crippen LogP contribution in [0.15, 0.2) is 36.5 Å². The predicted octanol–water partition coefficient (Wildman–Crippen LogP) is 9.89. The molecule has 0 saturated heterocycles. The van der Waals surface area contributed by atoms with Gasteiger partial charge in [-0.3, -0.25) is 9.59 Å². The lowest BCUT2D eigenvalue weighted by Crippen LogP contribution is -2.40. The molecule has 0 rings (SSSR count). The molecule has 0 bridgehead atoms. The van der Waals surface area contributed by atoms with Gasteiger partial charge >= 0.3 is 11.9 Å². The Morgan fingerprint density at radius 3 is 1.78 bits per heavy atom. The molecule has 0 aliphatic carbocycles. The van der Waals surface area contributed by atoms with Crippen molar-refractivity contribution in [3.05, 3.63) is 36.5 Å². The molecule has 1 amide bonds. The topological polar surface area (TPSA) is 119 Å². The highest BCUT2D eigenvalue weighted by atomic mass is 16.5. The Balaban J connectivity index is 4.19. The lowest BCUT2D eigenvalue weighted by Gasteiger charge is -2.13. The molecule has 0 fully saturated rings. The van der Waals surface area contributed by atoms with Gasteiger partial charge in [0.05, 0.1) is 0 Å². The molecule has 7 heteroatoms. The first-order chi connectivity index (χ1) is 22.4. The van der Waals surface area contributed by atoms with Crippen LogP contribution in [0.2, 0.25) is 0 Å². The number of hydrogen-bond acceptors (Lipinski definition) is 5. The summed E-state index contributed by atoms with van der Waals surface area (Å²) in [5, 5.41) is 11.8. The Morgan fingerprint density at radius 1 is 0.674 bits per heavy atom. The summed E-state index contributed by atoms with van der Waals surface area (Å²) in [6.45, 7) is 4.78. The number of allylic oxidation sites excluding steroid dienone is 4. The van der Waals surface area contributed by atoms with Gasteiger partial charge in [-0.15, -0.1) is 0 Å². The molecule has 0 radical (unpaired) electrons. The summed E-state index contributed by atoms with van der Waals surface area (Å²) in [7, 11) is 0. The first-order valence-electron chi connectivity index (χ1n) is 18.8. The van der Waals surface area contributed by atoms with Crippen LogP contribution in [0.1, 0.15) is 174 Å². The van der Waals surface area contributed by atoms with Crippen LogP contribution in [0, 0.1) is 0 Å². The van der Waals surface area contributed by atoms with E-state index in [1.54, 1.807) is 0 Å². The van der Waals surface area contributed by atoms with Crippen LogP contribution in [0.25, 0.3) is 0 Å². The smallest absolute Gasteiger partial charge is 0.326 e. The van der Waals surface area contributed by atoms with Crippen LogP contribution >= 0.6 is 0 Å². The lowest BCUT2D eigenvalue weighted by atomic mass is 10.0. The number of nitrogens with two attached hydrogens (primary N) is 1. The van der Waals surface area contributed by atoms with E-state index in [0.29, 0.717) is 38.6 Å². The number of nitrogens with one attached hydrogen (secondary N) is 1. The van der Waals surface area contributed by atoms with Gasteiger partial charge in [-0.2, -0.15) is 0 Å². The van der Waals surface area contributed by atoms with Gasteiger partial charge in [-0.1, -0.05) is 134 Å². The number of carbonyl (C=O) groups is 3. The maximum absolute atomic E-state index is 12.6. The van der Waals surface area contributed by atoms with Gasteiger partial charge in [0.15, 0.2) is 0 Å². The third-order valence-electron chi connectivity index (χ3n) is 8.18. The van der Waals surface area contributed by atoms with E-state index in [4.69, 9.17) is 10.5 Å². The molecule has 0 heterocycles. The van der Waals surface area contributed by atoms with E-state index in [1.165, 1.54) is 83.5 Å². The molecule has 0 aromatic rings. The van der Waals surface area contributed by atoms with E-state index in [0.717, 1.165) is 44.9 Å². The third kappa shape index (κ3) is 30.3. The third-order valence-corrected chi connectivity index (χ3v) is 8.18. The van der Waals surface area contributed by atoms with Crippen molar-refractivity contribution >= 4 is 17.8 Å². The highest BCUT2D eigenvalue weighted by molar-refractivity contribution is 5.83. The lowest BCUT2D eigenvalue weighted by molar-refractivity contribution is -0.145. The quantitative estimate of drug-likeness (QED) is 0.0371. The predicted molar refractivity (Wildman–Crippen MR) is 193 cm³/mol. The first-order valence-corrected chi connectivity index (χ1v) is 18.8. The zero-order valence-electron chi connectivity index (χ0n) is 29.7. The summed E-state index contributed by atoms with van der Waals surface area (Å²) in [5.41, 5.74) is 5.45. The van der Waals surface area contributed by atoms with Gasteiger partial charge in [0, 0.05) is 12.8 Å². The van der Waals surface area contributed by atoms with Gasteiger partial charge in [0.25, 0.3) is 0 Å². The Morgan fingerprint density at radius 2 is 1.22 bits per heavy atom. The maximum atomic E-state index is 12.6. The minimum Gasteiger partial charge on any atom is -0.480 e. The van der Waals surface area contributed by atoms with Crippen LogP contribution in [0.3, 0.4) is 0 Å². The van der Waals surface area contributed by atoms with Crippen molar-refractivity contribution < 1.29 is 24.2 Å². The number of amides is 1. The second kappa shape index (κ2) is 33.9. The average Bonchev–Trinajstić information content (AvgIpc) is 3.03. The minimum atomic E-state index is -1.02. The molecule has 46 heavy (non-hydrogen) atoms. The van der Waals surface area contributed by atoms with Crippen molar-refractivity contribution in [1.82, 2.24) is 5.32 Å². The normalized spacial score (nSPS) is 13.1. The zero-order valence-corrected chi connectivity index (χ0v) is 29.7. The number of esters is 1. The number of carboxylic acid groups (broad SMARTS) is 1. The largest absolute Gasteiger partial charge is 0.480 e. The number of aliphatic carboxylic acids is 1. The number of unbranched alkanes of at least 4 members (excludes halogenated alkanes) is 17. The number of hydrogen-bond donors (Lipinski definition) is 3. The summed E-state index contributed by atoms with van der Waals surface area (Å²) < 4.78 is 5.77. The highest BCUT2D eigenvalue weighted by Gasteiger charge is 2.18. The molecule has 0 saturated carbocycles. The van der Waals surface area contributed by atoms with E-state index in [-0.39, 0.29) is 18.0 Å². The van der Waals surface area contributed by atoms with Crippen molar-refractivity contribution in [3.8, 4) is 0 Å². The molecule has 0 aliphatic rings. The van der Waals surface area contributed by atoms with Crippen molar-refractivity contribution in [2.45, 2.75) is 187 Å². The molecular formula is C39H70N2O5. The molecule has 0 spiro atoms. The van der Waals surface area contributed by atoms with Gasteiger partial charge in [0.1, 0.15) is 12.1 Å². The molecule has 2 unspecified atom stereocenters. The van der Waals surface area contributed by atoms with E-state index in [9.17, 15) is 19.5 Å². The average molecular weight is 647 g/mol. The van der Waals surface area contributed by atoms with Gasteiger partial charge < -0.3 is 20.9 Å². The summed E-state index contributed by atoms with van der Waals surface area (Å²) in [5.74, 6) is -1.40. The van der Waals surface area contributed by atoms with Crippen molar-refractivity contribution in [2.24, 2.45) is 5.73 Å². The number of carboxylic acids is 1. The highest BCUT2D eigenvalue weighted by Crippen LogP contribution is 2.14. The fraction of sp³-hybridized carbons (Fsp3) is 0.769. The Bertz CT molecular complexity index is 823. The number of ether oxygens (including phenoxy) is 1. The first kappa shape index (κ1) is 43.6. The molecule has 0 aromatic heterocycles. The Kier molecular flexibility index (Phi) is 32.2. The van der Waals surface area contributed by atoms with Gasteiger partial charge in [0.2, 0.25) is 5.91 Å². The van der Waals surface area contributed by atoms with Crippen molar-refractivity contribution in [3.63, 3.8) is 0 Å². The molecule has 0 aliphatic heterocycles. The minimum absolute atomic E-state index is 0.143. The summed E-state index contributed by atoms with van der Waals surface area (Å²) in [4.78, 5) is 35.9. The van der Waals surface area contributed by atoms with Crippen LogP contribution in [-0.2, 0) is 19.1 Å². The summed E-state index contributed by atoms with van der Waals surface area (Å²) >= 11 is 0. The van der Waals surface area contributed by atoms with Crippen LogP contribution in [0.5, 0.6) is 0 Å². The summed E-state index contributed by atoms with van der Waals surface area (Å²) in [6.07, 6.45) is 38.2. The molecule has 266 valence electrons. The van der Waals surface area contributed by atoms with Crippen molar-refractivity contribution in [1.29, 1.82) is 0 Å². The maximum Gasteiger partial charge on any atom is 0.326 e. The van der Waals surface area contributed by atoms with E-state index >= 15 is 0 Å². The summed E-state index contributed by atoms with van der Waals surface area (Å²) in [6, 6.07) is -0.872. The standard InChI is InChI=1S/C39H70N2O5/c1-3-5-7-9-10-11-12-13-14-15-16-17-18-23-27-33-38(43)46-35(29-24-20-8-6-4-2)30-25-21-19-22-26-32-37(42)41-36(39(44)45)31-28-34-40/h6,8,24-25,29-30,35-36H,3-5,7,9-23,26-28,31-34,40H2,1-2H3,(H,41,42)(H,44,45)/b8-6-,29-24-,30-25-. The fourth-order valence-electron chi connectivity index (χ4n) is 5.35. The van der Waals surface area contributed by atoms with Crippen molar-refractivity contribution in [2.75, 3.05) is 6.54 Å². The van der Waals surface area contributed by atoms with Gasteiger partial charge in [-0.05, 0) is 70.1 Å². The monoisotopic (exact) mass is 647 g/mol. The Hall–Kier alpha value is -2.41. The van der Waals surface area contributed by atoms with E-state index in [1.807, 2.05) is 24.3 Å². The molecule has 2 atom stereocenters. The SMILES string of the molecule is CC/C=C\C/C=C\C(/C=C\CCCCCC(=O)NC(CCCN)C(=O)O)OC(=O)CCCCCCCCCCCCCCCCC. The molecule has 7 nitrogen and oxygen atoms in total. The Labute approximate surface area is 282 Å². The van der Waals surface area contributed by atoms with Crippen LogP contribution in [0.4, 0.5) is 0 Å². The molecule has 4 N–H and O–H groups in total. The fourth-order valence-corrected chi connectivity index (χ4v) is 5.35. The molecular weight excluding hydrogens is 576 g/mol. The van der Waals surface area contributed by atoms with E-state index < -0.39 is 12.0 Å².